The minimum absolute atomic E-state index is 0.0588. The highest BCUT2D eigenvalue weighted by atomic mass is 79.9. The molecule has 0 aromatic heterocycles. The van der Waals surface area contributed by atoms with Gasteiger partial charge in [0, 0.05) is 17.1 Å². The van der Waals surface area contributed by atoms with Crippen molar-refractivity contribution >= 4 is 31.9 Å². The summed E-state index contributed by atoms with van der Waals surface area (Å²) in [5.74, 6) is -2.17. The molecule has 1 saturated carbocycles. The van der Waals surface area contributed by atoms with E-state index in [2.05, 4.69) is 15.9 Å². The Morgan fingerprint density at radius 2 is 2.00 bits per heavy atom. The highest BCUT2D eigenvalue weighted by Gasteiger charge is 2.38. The molecule has 5 nitrogen and oxygen atoms in total. The first kappa shape index (κ1) is 14.5. The Hall–Kier alpha value is -0.920. The number of hydrogen-bond donors (Lipinski definition) is 1. The van der Waals surface area contributed by atoms with Gasteiger partial charge in [-0.05, 0) is 24.5 Å². The summed E-state index contributed by atoms with van der Waals surface area (Å²) in [4.78, 5) is 10.7. The Labute approximate surface area is 120 Å². The maximum absolute atomic E-state index is 12.1. The molecule has 0 spiro atoms. The average Bonchev–Trinajstić information content (AvgIpc) is 3.09. The first-order valence-corrected chi connectivity index (χ1v) is 8.25. The third-order valence-electron chi connectivity index (χ3n) is 2.90. The molecule has 0 bridgehead atoms. The van der Waals surface area contributed by atoms with Crippen molar-refractivity contribution in [1.29, 1.82) is 0 Å². The summed E-state index contributed by atoms with van der Waals surface area (Å²) >= 11 is 3.37. The fraction of sp³-hybridized carbons (Fsp3) is 0.417. The largest absolute Gasteiger partial charge is 0.480 e. The number of carboxylic acids is 1. The van der Waals surface area contributed by atoms with Crippen LogP contribution in [-0.2, 0) is 21.4 Å². The van der Waals surface area contributed by atoms with Gasteiger partial charge in [-0.1, -0.05) is 34.1 Å². The van der Waals surface area contributed by atoms with Crippen molar-refractivity contribution in [2.24, 2.45) is 0 Å². The minimum atomic E-state index is -3.76. The SMILES string of the molecule is O=C(O)CS(=O)(=O)N(Cc1ccccc1Br)C1CC1. The third kappa shape index (κ3) is 3.77. The van der Waals surface area contributed by atoms with Crippen LogP contribution in [0.25, 0.3) is 0 Å². The first-order chi connectivity index (χ1) is 8.90. The Morgan fingerprint density at radius 1 is 1.37 bits per heavy atom. The van der Waals surface area contributed by atoms with Crippen molar-refractivity contribution in [3.05, 3.63) is 34.3 Å². The lowest BCUT2D eigenvalue weighted by Crippen LogP contribution is -2.36. The summed E-state index contributed by atoms with van der Waals surface area (Å²) < 4.78 is 26.3. The third-order valence-corrected chi connectivity index (χ3v) is 5.43. The number of halogens is 1. The maximum Gasteiger partial charge on any atom is 0.320 e. The van der Waals surface area contributed by atoms with Crippen molar-refractivity contribution < 1.29 is 18.3 Å². The van der Waals surface area contributed by atoms with E-state index in [1.807, 2.05) is 24.3 Å². The average molecular weight is 348 g/mol. The number of carboxylic acid groups (broad SMARTS) is 1. The van der Waals surface area contributed by atoms with Crippen LogP contribution >= 0.6 is 15.9 Å². The molecule has 1 fully saturated rings. The molecule has 0 amide bonds. The van der Waals surface area contributed by atoms with Gasteiger partial charge < -0.3 is 5.11 Å². The lowest BCUT2D eigenvalue weighted by molar-refractivity contribution is -0.134. The topological polar surface area (TPSA) is 74.7 Å². The van der Waals surface area contributed by atoms with E-state index in [1.165, 1.54) is 4.31 Å². The molecule has 0 aliphatic heterocycles. The quantitative estimate of drug-likeness (QED) is 0.851. The van der Waals surface area contributed by atoms with E-state index in [0.29, 0.717) is 0 Å². The molecular formula is C12H14BrNO4S. The molecule has 0 saturated heterocycles. The van der Waals surface area contributed by atoms with Crippen molar-refractivity contribution in [1.82, 2.24) is 4.31 Å². The Morgan fingerprint density at radius 3 is 2.53 bits per heavy atom. The van der Waals surface area contributed by atoms with E-state index in [-0.39, 0.29) is 12.6 Å². The van der Waals surface area contributed by atoms with Gasteiger partial charge in [-0.15, -0.1) is 0 Å². The van der Waals surface area contributed by atoms with E-state index in [9.17, 15) is 13.2 Å². The van der Waals surface area contributed by atoms with Crippen molar-refractivity contribution in [3.63, 3.8) is 0 Å². The second-order valence-electron chi connectivity index (χ2n) is 4.52. The molecule has 0 unspecified atom stereocenters. The number of hydrogen-bond acceptors (Lipinski definition) is 3. The number of sulfonamides is 1. The van der Waals surface area contributed by atoms with Gasteiger partial charge in [-0.3, -0.25) is 4.79 Å². The summed E-state index contributed by atoms with van der Waals surface area (Å²) in [6, 6.07) is 7.28. The second kappa shape index (κ2) is 5.60. The molecule has 7 heteroatoms. The standard InChI is InChI=1S/C12H14BrNO4S/c13-11-4-2-1-3-9(11)7-14(10-5-6-10)19(17,18)8-12(15)16/h1-4,10H,5-8H2,(H,15,16). The van der Waals surface area contributed by atoms with Crippen LogP contribution in [0.3, 0.4) is 0 Å². The van der Waals surface area contributed by atoms with Crippen LogP contribution in [0.1, 0.15) is 18.4 Å². The number of benzene rings is 1. The normalized spacial score (nSPS) is 15.7. The van der Waals surface area contributed by atoms with Crippen LogP contribution in [0.2, 0.25) is 0 Å². The molecule has 1 aromatic carbocycles. The Bertz CT molecular complexity index is 583. The Kier molecular flexibility index (Phi) is 4.27. The first-order valence-electron chi connectivity index (χ1n) is 5.85. The zero-order chi connectivity index (χ0) is 14.0. The van der Waals surface area contributed by atoms with Crippen molar-refractivity contribution in [3.8, 4) is 0 Å². The van der Waals surface area contributed by atoms with Crippen LogP contribution < -0.4 is 0 Å². The predicted octanol–water partition coefficient (Wildman–Crippen LogP) is 1.83. The number of aliphatic carboxylic acids is 1. The molecular weight excluding hydrogens is 334 g/mol. The van der Waals surface area contributed by atoms with E-state index in [4.69, 9.17) is 5.11 Å². The van der Waals surface area contributed by atoms with Gasteiger partial charge in [0.15, 0.2) is 5.75 Å². The predicted molar refractivity (Wildman–Crippen MR) is 74.1 cm³/mol. The van der Waals surface area contributed by atoms with Crippen molar-refractivity contribution in [2.75, 3.05) is 5.75 Å². The van der Waals surface area contributed by atoms with E-state index in [0.717, 1.165) is 22.9 Å². The van der Waals surface area contributed by atoms with Gasteiger partial charge in [0.05, 0.1) is 0 Å². The smallest absolute Gasteiger partial charge is 0.320 e. The second-order valence-corrected chi connectivity index (χ2v) is 7.29. The van der Waals surface area contributed by atoms with Crippen LogP contribution in [0, 0.1) is 0 Å². The van der Waals surface area contributed by atoms with E-state index in [1.54, 1.807) is 0 Å². The molecule has 1 aliphatic rings. The van der Waals surface area contributed by atoms with Gasteiger partial charge >= 0.3 is 5.97 Å². The summed E-state index contributed by atoms with van der Waals surface area (Å²) in [5, 5.41) is 8.71. The molecule has 0 atom stereocenters. The molecule has 2 rings (SSSR count). The monoisotopic (exact) mass is 347 g/mol. The summed E-state index contributed by atoms with van der Waals surface area (Å²) in [5.41, 5.74) is 0.836. The number of carbonyl (C=O) groups is 1. The van der Waals surface area contributed by atoms with Crippen LogP contribution in [-0.4, -0.2) is 35.6 Å². The van der Waals surface area contributed by atoms with Gasteiger partial charge in [0.1, 0.15) is 0 Å². The molecule has 104 valence electrons. The van der Waals surface area contributed by atoms with Gasteiger partial charge in [-0.25, -0.2) is 8.42 Å². The highest BCUT2D eigenvalue weighted by molar-refractivity contribution is 9.10. The van der Waals surface area contributed by atoms with Crippen LogP contribution in [0.15, 0.2) is 28.7 Å². The van der Waals surface area contributed by atoms with Gasteiger partial charge in [-0.2, -0.15) is 4.31 Å². The molecule has 1 N–H and O–H groups in total. The number of nitrogens with zero attached hydrogens (tertiary/aromatic N) is 1. The molecule has 1 aromatic rings. The lowest BCUT2D eigenvalue weighted by atomic mass is 10.2. The fourth-order valence-electron chi connectivity index (χ4n) is 1.85. The highest BCUT2D eigenvalue weighted by Crippen LogP contribution is 2.32. The van der Waals surface area contributed by atoms with Gasteiger partial charge in [0.2, 0.25) is 10.0 Å². The maximum atomic E-state index is 12.1. The van der Waals surface area contributed by atoms with Crippen LogP contribution in [0.5, 0.6) is 0 Å². The molecule has 1 aliphatic carbocycles. The summed E-state index contributed by atoms with van der Waals surface area (Å²) in [7, 11) is -3.76. The summed E-state index contributed by atoms with van der Waals surface area (Å²) in [6.45, 7) is 0.210. The van der Waals surface area contributed by atoms with Crippen molar-refractivity contribution in [2.45, 2.75) is 25.4 Å². The Balaban J connectivity index is 2.22. The van der Waals surface area contributed by atoms with Crippen LogP contribution in [0.4, 0.5) is 0 Å². The van der Waals surface area contributed by atoms with E-state index < -0.39 is 21.7 Å². The zero-order valence-corrected chi connectivity index (χ0v) is 12.5. The minimum Gasteiger partial charge on any atom is -0.480 e. The molecule has 19 heavy (non-hydrogen) atoms. The van der Waals surface area contributed by atoms with Gasteiger partial charge in [0.25, 0.3) is 0 Å². The van der Waals surface area contributed by atoms with E-state index >= 15 is 0 Å². The molecule has 0 heterocycles. The summed E-state index contributed by atoms with van der Waals surface area (Å²) in [6.07, 6.45) is 1.59. The number of rotatable bonds is 6. The fourth-order valence-corrected chi connectivity index (χ4v) is 3.74. The lowest BCUT2D eigenvalue weighted by Gasteiger charge is -2.21. The zero-order valence-electron chi connectivity index (χ0n) is 10.1. The molecule has 0 radical (unpaired) electrons.